The highest BCUT2D eigenvalue weighted by Crippen LogP contribution is 2.29. The number of hydrogen-bond acceptors (Lipinski definition) is 4. The molecule has 0 amide bonds. The zero-order valence-electron chi connectivity index (χ0n) is 14.9. The molecule has 0 bridgehead atoms. The van der Waals surface area contributed by atoms with Crippen LogP contribution in [-0.2, 0) is 6.42 Å². The molecule has 0 aliphatic heterocycles. The van der Waals surface area contributed by atoms with Crippen molar-refractivity contribution in [2.45, 2.75) is 37.5 Å². The van der Waals surface area contributed by atoms with E-state index in [4.69, 9.17) is 0 Å². The van der Waals surface area contributed by atoms with Gasteiger partial charge in [-0.05, 0) is 48.1 Å². The molecule has 0 spiro atoms. The predicted molar refractivity (Wildman–Crippen MR) is 103 cm³/mol. The molecule has 0 aliphatic rings. The number of nitro benzene ring substituents is 1. The van der Waals surface area contributed by atoms with E-state index in [2.05, 4.69) is 6.92 Å². The average Bonchev–Trinajstić information content (AvgIpc) is 2.63. The highest BCUT2D eigenvalue weighted by atomic mass is 32.2. The number of halogens is 1. The molecule has 0 saturated carbocycles. The first-order valence-corrected chi connectivity index (χ1v) is 9.77. The number of rotatable bonds is 10. The number of unbranched alkanes of at least 4 members (excludes halogenated alkanes) is 1. The Kier molecular flexibility index (Phi) is 8.06. The maximum Gasteiger partial charge on any atom is 0.269 e. The van der Waals surface area contributed by atoms with Crippen LogP contribution in [0, 0.1) is 21.8 Å². The van der Waals surface area contributed by atoms with E-state index in [9.17, 15) is 19.6 Å². The molecule has 2 rings (SSSR count). The van der Waals surface area contributed by atoms with Gasteiger partial charge in [-0.2, -0.15) is 0 Å². The lowest BCUT2D eigenvalue weighted by Crippen LogP contribution is -2.09. The summed E-state index contributed by atoms with van der Waals surface area (Å²) >= 11 is 1.61. The van der Waals surface area contributed by atoms with Gasteiger partial charge in [-0.15, -0.1) is 11.8 Å². The lowest BCUT2D eigenvalue weighted by molar-refractivity contribution is -0.384. The van der Waals surface area contributed by atoms with Gasteiger partial charge in [0.05, 0.1) is 4.92 Å². The summed E-state index contributed by atoms with van der Waals surface area (Å²) < 4.78 is 13.7. The Morgan fingerprint density at radius 1 is 1.27 bits per heavy atom. The van der Waals surface area contributed by atoms with Gasteiger partial charge in [-0.25, -0.2) is 4.39 Å². The lowest BCUT2D eigenvalue weighted by Gasteiger charge is -2.15. The summed E-state index contributed by atoms with van der Waals surface area (Å²) in [7, 11) is 0. The minimum Gasteiger partial charge on any atom is -0.396 e. The Morgan fingerprint density at radius 3 is 2.77 bits per heavy atom. The van der Waals surface area contributed by atoms with E-state index in [0.717, 1.165) is 41.0 Å². The Hall–Kier alpha value is -1.92. The third-order valence-electron chi connectivity index (χ3n) is 4.24. The second kappa shape index (κ2) is 10.3. The molecular weight excluding hydrogens is 353 g/mol. The second-order valence-electron chi connectivity index (χ2n) is 6.36. The van der Waals surface area contributed by atoms with E-state index < -0.39 is 4.92 Å². The van der Waals surface area contributed by atoms with Crippen molar-refractivity contribution in [3.8, 4) is 0 Å². The van der Waals surface area contributed by atoms with Crippen LogP contribution in [0.25, 0.3) is 0 Å². The maximum absolute atomic E-state index is 13.7. The molecule has 0 aliphatic carbocycles. The van der Waals surface area contributed by atoms with Crippen LogP contribution < -0.4 is 0 Å². The molecule has 1 unspecified atom stereocenters. The van der Waals surface area contributed by atoms with Crippen LogP contribution in [0.3, 0.4) is 0 Å². The summed E-state index contributed by atoms with van der Waals surface area (Å²) in [5.74, 6) is 0.666. The highest BCUT2D eigenvalue weighted by molar-refractivity contribution is 7.99. The molecule has 0 saturated heterocycles. The van der Waals surface area contributed by atoms with Gasteiger partial charge in [0.25, 0.3) is 5.69 Å². The summed E-state index contributed by atoms with van der Waals surface area (Å²) in [6.45, 7) is 2.27. The van der Waals surface area contributed by atoms with Crippen molar-refractivity contribution < 1.29 is 14.4 Å². The summed E-state index contributed by atoms with van der Waals surface area (Å²) in [6.07, 6.45) is 3.58. The second-order valence-corrected chi connectivity index (χ2v) is 7.42. The molecule has 0 radical (unpaired) electrons. The van der Waals surface area contributed by atoms with E-state index in [1.165, 1.54) is 24.3 Å². The van der Waals surface area contributed by atoms with Gasteiger partial charge in [-0.3, -0.25) is 10.1 Å². The standard InChI is InChI=1S/C20H24FNO3S/c1-2-3-5-16(13-23)14-26-20-9-8-18(21)12-17(20)10-15-6-4-7-19(11-15)22(24)25/h4,6-9,11-12,16,23H,2-3,5,10,13-14H2,1H3. The first-order chi connectivity index (χ1) is 12.5. The fourth-order valence-electron chi connectivity index (χ4n) is 2.75. The fraction of sp³-hybridized carbons (Fsp3) is 0.400. The molecule has 1 N–H and O–H groups in total. The van der Waals surface area contributed by atoms with Crippen molar-refractivity contribution in [1.82, 2.24) is 0 Å². The topological polar surface area (TPSA) is 63.4 Å². The van der Waals surface area contributed by atoms with Crippen LogP contribution in [0.2, 0.25) is 0 Å². The Labute approximate surface area is 157 Å². The van der Waals surface area contributed by atoms with Crippen LogP contribution in [0.15, 0.2) is 47.4 Å². The molecule has 0 heterocycles. The summed E-state index contributed by atoms with van der Waals surface area (Å²) in [5.41, 5.74) is 1.62. The molecular formula is C20H24FNO3S. The molecule has 140 valence electrons. The van der Waals surface area contributed by atoms with Gasteiger partial charge in [0.1, 0.15) is 5.82 Å². The molecule has 1 atom stereocenters. The van der Waals surface area contributed by atoms with E-state index in [1.807, 2.05) is 6.07 Å². The van der Waals surface area contributed by atoms with Gasteiger partial charge in [-0.1, -0.05) is 31.9 Å². The molecule has 6 heteroatoms. The summed E-state index contributed by atoms with van der Waals surface area (Å²) in [4.78, 5) is 11.5. The fourth-order valence-corrected chi connectivity index (χ4v) is 3.92. The zero-order chi connectivity index (χ0) is 18.9. The number of nitrogens with zero attached hydrogens (tertiary/aromatic N) is 1. The Bertz CT molecular complexity index is 739. The molecule has 2 aromatic carbocycles. The van der Waals surface area contributed by atoms with Gasteiger partial charge < -0.3 is 5.11 Å². The third kappa shape index (κ3) is 6.11. The number of non-ortho nitro benzene ring substituents is 1. The monoisotopic (exact) mass is 377 g/mol. The van der Waals surface area contributed by atoms with Crippen molar-refractivity contribution in [2.24, 2.45) is 5.92 Å². The van der Waals surface area contributed by atoms with E-state index in [-0.39, 0.29) is 24.0 Å². The van der Waals surface area contributed by atoms with Crippen molar-refractivity contribution in [3.05, 3.63) is 69.5 Å². The molecule has 0 fully saturated rings. The normalized spacial score (nSPS) is 12.1. The van der Waals surface area contributed by atoms with E-state index in [1.54, 1.807) is 23.9 Å². The molecule has 2 aromatic rings. The Balaban J connectivity index is 2.14. The highest BCUT2D eigenvalue weighted by Gasteiger charge is 2.12. The van der Waals surface area contributed by atoms with Gasteiger partial charge in [0.15, 0.2) is 0 Å². The zero-order valence-corrected chi connectivity index (χ0v) is 15.7. The summed E-state index contributed by atoms with van der Waals surface area (Å²) in [6, 6.07) is 11.1. The minimum atomic E-state index is -0.426. The van der Waals surface area contributed by atoms with Crippen LogP contribution in [-0.4, -0.2) is 22.4 Å². The first kappa shape index (κ1) is 20.4. The molecule has 26 heavy (non-hydrogen) atoms. The molecule has 4 nitrogen and oxygen atoms in total. The maximum atomic E-state index is 13.7. The van der Waals surface area contributed by atoms with E-state index in [0.29, 0.717) is 6.42 Å². The van der Waals surface area contributed by atoms with Gasteiger partial charge in [0.2, 0.25) is 0 Å². The van der Waals surface area contributed by atoms with Crippen LogP contribution in [0.4, 0.5) is 10.1 Å². The van der Waals surface area contributed by atoms with Crippen LogP contribution in [0.1, 0.15) is 37.3 Å². The summed E-state index contributed by atoms with van der Waals surface area (Å²) in [5, 5.41) is 20.5. The average molecular weight is 377 g/mol. The third-order valence-corrected chi connectivity index (χ3v) is 5.58. The van der Waals surface area contributed by atoms with Crippen molar-refractivity contribution in [2.75, 3.05) is 12.4 Å². The van der Waals surface area contributed by atoms with Crippen molar-refractivity contribution in [1.29, 1.82) is 0 Å². The number of hydrogen-bond donors (Lipinski definition) is 1. The van der Waals surface area contributed by atoms with Crippen LogP contribution >= 0.6 is 11.8 Å². The minimum absolute atomic E-state index is 0.0352. The largest absolute Gasteiger partial charge is 0.396 e. The van der Waals surface area contributed by atoms with Gasteiger partial charge >= 0.3 is 0 Å². The first-order valence-electron chi connectivity index (χ1n) is 8.79. The van der Waals surface area contributed by atoms with Crippen molar-refractivity contribution in [3.63, 3.8) is 0 Å². The smallest absolute Gasteiger partial charge is 0.269 e. The number of benzene rings is 2. The van der Waals surface area contributed by atoms with Crippen LogP contribution in [0.5, 0.6) is 0 Å². The molecule has 0 aromatic heterocycles. The number of thioether (sulfide) groups is 1. The van der Waals surface area contributed by atoms with Gasteiger partial charge in [0, 0.05) is 29.4 Å². The number of nitro groups is 1. The Morgan fingerprint density at radius 2 is 2.08 bits per heavy atom. The number of aliphatic hydroxyl groups is 1. The SMILES string of the molecule is CCCCC(CO)CSc1ccc(F)cc1Cc1cccc([N+](=O)[O-])c1. The number of aliphatic hydroxyl groups excluding tert-OH is 1. The quantitative estimate of drug-likeness (QED) is 0.350. The predicted octanol–water partition coefficient (Wildman–Crippen LogP) is 5.22. The lowest BCUT2D eigenvalue weighted by atomic mass is 10.0. The van der Waals surface area contributed by atoms with Crippen molar-refractivity contribution >= 4 is 17.4 Å². The van der Waals surface area contributed by atoms with E-state index >= 15 is 0 Å².